The average Bonchev–Trinajstić information content (AvgIpc) is 3.46. The Labute approximate surface area is 215 Å². The summed E-state index contributed by atoms with van der Waals surface area (Å²) in [7, 11) is 0. The van der Waals surface area contributed by atoms with Crippen LogP contribution in [0, 0.1) is 12.7 Å². The first-order valence-electron chi connectivity index (χ1n) is 12.6. The molecule has 0 bridgehead atoms. The number of carbonyl (C=O) groups excluding carboxylic acids is 1. The van der Waals surface area contributed by atoms with Crippen molar-refractivity contribution in [2.75, 3.05) is 31.5 Å². The summed E-state index contributed by atoms with van der Waals surface area (Å²) >= 11 is 0. The van der Waals surface area contributed by atoms with Gasteiger partial charge in [-0.3, -0.25) is 24.3 Å². The van der Waals surface area contributed by atoms with Gasteiger partial charge in [0.2, 0.25) is 0 Å². The quantitative estimate of drug-likeness (QED) is 0.420. The maximum absolute atomic E-state index is 13.7. The van der Waals surface area contributed by atoms with E-state index in [0.717, 1.165) is 24.2 Å². The Kier molecular flexibility index (Phi) is 6.45. The Hall–Kier alpha value is -3.79. The smallest absolute Gasteiger partial charge is 0.256 e. The third kappa shape index (κ3) is 5.06. The van der Waals surface area contributed by atoms with Crippen molar-refractivity contribution in [3.05, 3.63) is 65.5 Å². The van der Waals surface area contributed by atoms with E-state index >= 15 is 0 Å². The molecule has 5 rings (SSSR count). The molecule has 1 saturated heterocycles. The topological polar surface area (TPSA) is 95.0 Å². The van der Waals surface area contributed by atoms with Gasteiger partial charge in [0, 0.05) is 55.1 Å². The number of H-pyrrole nitrogens is 1. The zero-order valence-corrected chi connectivity index (χ0v) is 21.9. The van der Waals surface area contributed by atoms with Crippen molar-refractivity contribution in [2.24, 2.45) is 0 Å². The Balaban J connectivity index is 1.47. The Morgan fingerprint density at radius 3 is 2.51 bits per heavy atom. The van der Waals surface area contributed by atoms with Crippen LogP contribution in [-0.2, 0) is 0 Å². The number of anilines is 1. The van der Waals surface area contributed by atoms with Crippen LogP contribution in [0.1, 0.15) is 55.5 Å². The molecule has 4 aromatic heterocycles. The summed E-state index contributed by atoms with van der Waals surface area (Å²) in [6.45, 7) is 13.5. The molecule has 0 unspecified atom stereocenters. The maximum atomic E-state index is 13.7. The lowest BCUT2D eigenvalue weighted by Crippen LogP contribution is -2.54. The lowest BCUT2D eigenvalue weighted by molar-refractivity contribution is 0.0452. The number of amides is 1. The summed E-state index contributed by atoms with van der Waals surface area (Å²) in [6, 6.07) is 8.55. The molecule has 1 atom stereocenters. The van der Waals surface area contributed by atoms with Crippen LogP contribution < -0.4 is 5.32 Å². The van der Waals surface area contributed by atoms with Crippen molar-refractivity contribution in [1.29, 1.82) is 0 Å². The molecule has 0 spiro atoms. The lowest BCUT2D eigenvalue weighted by atomic mass is 10.0. The summed E-state index contributed by atoms with van der Waals surface area (Å²) in [4.78, 5) is 27.0. The van der Waals surface area contributed by atoms with Gasteiger partial charge in [0.05, 0.1) is 23.5 Å². The predicted octanol–water partition coefficient (Wildman–Crippen LogP) is 4.32. The van der Waals surface area contributed by atoms with Gasteiger partial charge in [-0.1, -0.05) is 0 Å². The summed E-state index contributed by atoms with van der Waals surface area (Å²) in [5, 5.41) is 11.5. The fraction of sp³-hybridized carbons (Fsp3) is 0.407. The van der Waals surface area contributed by atoms with E-state index in [1.807, 2.05) is 47.7 Å². The fourth-order valence-corrected chi connectivity index (χ4v) is 4.74. The molecule has 0 saturated carbocycles. The fourth-order valence-electron chi connectivity index (χ4n) is 4.74. The standard InChI is InChI=1S/C27H33FN8O/c1-17-14-24(33-32-17)36-16-21(26(37)34-10-12-35(13-11-34)27(3,4)5)20-7-9-23(31-25(20)36)30-18(2)22-8-6-19(28)15-29-22/h6-9,14-16,18H,10-13H2,1-5H3,(H,30,31)(H,32,33)/t18-/m0/s1. The van der Waals surface area contributed by atoms with E-state index in [4.69, 9.17) is 4.98 Å². The summed E-state index contributed by atoms with van der Waals surface area (Å²) in [6.07, 6.45) is 3.04. The van der Waals surface area contributed by atoms with Gasteiger partial charge >= 0.3 is 0 Å². The third-order valence-electron chi connectivity index (χ3n) is 6.90. The van der Waals surface area contributed by atoms with Gasteiger partial charge in [0.15, 0.2) is 5.82 Å². The minimum absolute atomic E-state index is 0.00374. The number of piperazine rings is 1. The number of aromatic amines is 1. The molecule has 1 fully saturated rings. The zero-order chi connectivity index (χ0) is 26.3. The molecular formula is C27H33FN8O. The van der Waals surface area contributed by atoms with E-state index in [-0.39, 0.29) is 23.3 Å². The monoisotopic (exact) mass is 504 g/mol. The van der Waals surface area contributed by atoms with Gasteiger partial charge in [0.25, 0.3) is 5.91 Å². The number of aryl methyl sites for hydroxylation is 1. The minimum atomic E-state index is -0.375. The van der Waals surface area contributed by atoms with Crippen molar-refractivity contribution in [3.8, 4) is 5.82 Å². The van der Waals surface area contributed by atoms with Gasteiger partial charge in [-0.2, -0.15) is 5.10 Å². The number of hydrogen-bond acceptors (Lipinski definition) is 6. The first-order chi connectivity index (χ1) is 17.6. The van der Waals surface area contributed by atoms with Crippen LogP contribution in [0.3, 0.4) is 0 Å². The number of carbonyl (C=O) groups is 1. The third-order valence-corrected chi connectivity index (χ3v) is 6.90. The second kappa shape index (κ2) is 9.59. The molecule has 0 radical (unpaired) electrons. The van der Waals surface area contributed by atoms with E-state index in [0.29, 0.717) is 41.6 Å². The second-order valence-electron chi connectivity index (χ2n) is 10.6. The molecule has 1 aliphatic rings. The lowest BCUT2D eigenvalue weighted by Gasteiger charge is -2.42. The summed E-state index contributed by atoms with van der Waals surface area (Å²) in [5.41, 5.74) is 2.93. The maximum Gasteiger partial charge on any atom is 0.256 e. The highest BCUT2D eigenvalue weighted by Gasteiger charge is 2.30. The molecular weight excluding hydrogens is 471 g/mol. The molecule has 5 heterocycles. The van der Waals surface area contributed by atoms with Gasteiger partial charge in [-0.15, -0.1) is 0 Å². The normalized spacial score (nSPS) is 15.8. The van der Waals surface area contributed by atoms with Gasteiger partial charge in [-0.05, 0) is 58.9 Å². The molecule has 0 aliphatic carbocycles. The van der Waals surface area contributed by atoms with Gasteiger partial charge in [-0.25, -0.2) is 9.37 Å². The van der Waals surface area contributed by atoms with Crippen molar-refractivity contribution >= 4 is 22.8 Å². The molecule has 194 valence electrons. The molecule has 2 N–H and O–H groups in total. The van der Waals surface area contributed by atoms with Crippen LogP contribution in [0.5, 0.6) is 0 Å². The van der Waals surface area contributed by atoms with E-state index in [9.17, 15) is 9.18 Å². The number of halogens is 1. The van der Waals surface area contributed by atoms with Crippen molar-refractivity contribution in [3.63, 3.8) is 0 Å². The van der Waals surface area contributed by atoms with Crippen LogP contribution in [-0.4, -0.2) is 72.2 Å². The molecule has 37 heavy (non-hydrogen) atoms. The van der Waals surface area contributed by atoms with Crippen LogP contribution in [0.25, 0.3) is 16.9 Å². The van der Waals surface area contributed by atoms with E-state index in [1.165, 1.54) is 12.3 Å². The predicted molar refractivity (Wildman–Crippen MR) is 141 cm³/mol. The molecule has 0 aromatic carbocycles. The second-order valence-corrected chi connectivity index (χ2v) is 10.6. The highest BCUT2D eigenvalue weighted by atomic mass is 19.1. The number of fused-ring (bicyclic) bond motifs is 1. The number of rotatable bonds is 5. The molecule has 9 nitrogen and oxygen atoms in total. The van der Waals surface area contributed by atoms with E-state index in [2.05, 4.69) is 46.2 Å². The number of pyridine rings is 2. The number of nitrogens with one attached hydrogen (secondary N) is 2. The Morgan fingerprint density at radius 2 is 1.89 bits per heavy atom. The summed E-state index contributed by atoms with van der Waals surface area (Å²) < 4.78 is 15.1. The van der Waals surface area contributed by atoms with Crippen LogP contribution in [0.2, 0.25) is 0 Å². The van der Waals surface area contributed by atoms with Gasteiger partial charge < -0.3 is 10.2 Å². The zero-order valence-electron chi connectivity index (χ0n) is 21.9. The Morgan fingerprint density at radius 1 is 1.14 bits per heavy atom. The molecule has 4 aromatic rings. The molecule has 1 amide bonds. The van der Waals surface area contributed by atoms with Crippen molar-refractivity contribution in [1.82, 2.24) is 34.5 Å². The minimum Gasteiger partial charge on any atom is -0.362 e. The van der Waals surface area contributed by atoms with Crippen LogP contribution in [0.15, 0.2) is 42.7 Å². The highest BCUT2D eigenvalue weighted by Crippen LogP contribution is 2.28. The van der Waals surface area contributed by atoms with Gasteiger partial charge in [0.1, 0.15) is 17.3 Å². The number of nitrogens with zero attached hydrogens (tertiary/aromatic N) is 6. The van der Waals surface area contributed by atoms with Crippen molar-refractivity contribution < 1.29 is 9.18 Å². The average molecular weight is 505 g/mol. The largest absolute Gasteiger partial charge is 0.362 e. The molecule has 10 heteroatoms. The van der Waals surface area contributed by atoms with Crippen molar-refractivity contribution in [2.45, 2.75) is 46.2 Å². The van der Waals surface area contributed by atoms with E-state index in [1.54, 1.807) is 6.07 Å². The Bertz CT molecular complexity index is 1410. The number of hydrogen-bond donors (Lipinski definition) is 2. The summed E-state index contributed by atoms with van der Waals surface area (Å²) in [5.74, 6) is 0.906. The number of aromatic nitrogens is 5. The SMILES string of the molecule is Cc1cc(-n2cc(C(=O)N3CCN(C(C)(C)C)CC3)c3ccc(N[C@@H](C)c4ccc(F)cn4)nc32)n[nH]1. The first kappa shape index (κ1) is 24.9. The van der Waals surface area contributed by atoms with Crippen LogP contribution >= 0.6 is 0 Å². The molecule has 1 aliphatic heterocycles. The highest BCUT2D eigenvalue weighted by molar-refractivity contribution is 6.06. The van der Waals surface area contributed by atoms with E-state index < -0.39 is 0 Å². The first-order valence-corrected chi connectivity index (χ1v) is 12.6. The van der Waals surface area contributed by atoms with Crippen LogP contribution in [0.4, 0.5) is 10.2 Å².